The maximum atomic E-state index is 13.0. The number of hydrogen-bond donors (Lipinski definition) is 1. The fourth-order valence-electron chi connectivity index (χ4n) is 1.70. The van der Waals surface area contributed by atoms with Crippen LogP contribution in [0.1, 0.15) is 16.2 Å². The Morgan fingerprint density at radius 1 is 1.04 bits per heavy atom. The van der Waals surface area contributed by atoms with Gasteiger partial charge in [0.1, 0.15) is 11.8 Å². The molecule has 0 unspecified atom stereocenters. The first-order valence-corrected chi connectivity index (χ1v) is 6.85. The molecule has 1 aromatic carbocycles. The summed E-state index contributed by atoms with van der Waals surface area (Å²) in [5.74, 6) is -3.63. The number of aromatic carboxylic acids is 1. The van der Waals surface area contributed by atoms with Crippen LogP contribution < -0.4 is 0 Å². The van der Waals surface area contributed by atoms with E-state index >= 15 is 0 Å². The maximum Gasteiger partial charge on any atom is 0.354 e. The molecule has 0 bridgehead atoms. The normalized spacial score (nSPS) is 9.12. The third-order valence-corrected chi connectivity index (χ3v) is 2.83. The number of nitriles is 1. The van der Waals surface area contributed by atoms with E-state index in [1.54, 1.807) is 42.5 Å². The van der Waals surface area contributed by atoms with Crippen LogP contribution in [-0.2, 0) is 20.1 Å². The molecule has 2 aromatic heterocycles. The van der Waals surface area contributed by atoms with Gasteiger partial charge in [-0.1, -0.05) is 36.4 Å². The van der Waals surface area contributed by atoms with Gasteiger partial charge in [-0.05, 0) is 12.1 Å². The molecular formula is C17H10F2IrN4O2. The number of benzene rings is 1. The Hall–Kier alpha value is -3.08. The minimum absolute atomic E-state index is 0. The summed E-state index contributed by atoms with van der Waals surface area (Å²) in [7, 11) is 0. The van der Waals surface area contributed by atoms with E-state index in [0.29, 0.717) is 5.56 Å². The smallest absolute Gasteiger partial charge is 0.354 e. The van der Waals surface area contributed by atoms with Crippen molar-refractivity contribution in [3.05, 3.63) is 77.9 Å². The van der Waals surface area contributed by atoms with Gasteiger partial charge in [0.15, 0.2) is 11.5 Å². The third kappa shape index (κ3) is 5.48. The first-order valence-electron chi connectivity index (χ1n) is 6.85. The number of rotatable bonds is 2. The molecule has 0 atom stereocenters. The number of hydrogen-bond acceptors (Lipinski definition) is 5. The Kier molecular flexibility index (Phi) is 8.09. The zero-order chi connectivity index (χ0) is 18.2. The summed E-state index contributed by atoms with van der Waals surface area (Å²) in [5.41, 5.74) is 0.0155. The molecule has 133 valence electrons. The summed E-state index contributed by atoms with van der Waals surface area (Å²) in [4.78, 5) is 20.7. The molecule has 3 aromatic rings. The minimum atomic E-state index is -1.32. The number of carboxylic acid groups (broad SMARTS) is 1. The second-order valence-corrected chi connectivity index (χ2v) is 4.50. The van der Waals surface area contributed by atoms with Crippen LogP contribution in [0, 0.1) is 23.1 Å². The molecule has 9 heteroatoms. The molecule has 6 nitrogen and oxygen atoms in total. The molecule has 26 heavy (non-hydrogen) atoms. The van der Waals surface area contributed by atoms with Crippen LogP contribution >= 0.6 is 0 Å². The number of pyridine rings is 1. The maximum absolute atomic E-state index is 13.0. The van der Waals surface area contributed by atoms with Crippen molar-refractivity contribution in [2.24, 2.45) is 0 Å². The van der Waals surface area contributed by atoms with E-state index < -0.39 is 23.4 Å². The number of carbonyl (C=O) groups is 1. The number of aromatic nitrogens is 3. The molecule has 0 saturated heterocycles. The van der Waals surface area contributed by atoms with E-state index in [2.05, 4.69) is 15.0 Å². The number of carboxylic acids is 1. The molecular weight excluding hydrogens is 522 g/mol. The minimum Gasteiger partial charge on any atom is -0.477 e. The summed E-state index contributed by atoms with van der Waals surface area (Å²) >= 11 is 0. The summed E-state index contributed by atoms with van der Waals surface area (Å²) in [6, 6.07) is 14.7. The Morgan fingerprint density at radius 2 is 1.69 bits per heavy atom. The van der Waals surface area contributed by atoms with Crippen molar-refractivity contribution in [3.8, 4) is 17.5 Å². The average molecular weight is 533 g/mol. The second kappa shape index (κ2) is 10.0. The van der Waals surface area contributed by atoms with Gasteiger partial charge in [0.2, 0.25) is 5.82 Å². The summed E-state index contributed by atoms with van der Waals surface area (Å²) < 4.78 is 26.0. The van der Waals surface area contributed by atoms with Crippen LogP contribution in [0.3, 0.4) is 0 Å². The Bertz CT molecular complexity index is 919. The van der Waals surface area contributed by atoms with Gasteiger partial charge in [-0.2, -0.15) is 19.0 Å². The Balaban J connectivity index is 0.000000290. The molecule has 3 rings (SSSR count). The largest absolute Gasteiger partial charge is 0.477 e. The van der Waals surface area contributed by atoms with Crippen molar-refractivity contribution in [3.63, 3.8) is 0 Å². The predicted octanol–water partition coefficient (Wildman–Crippen LogP) is 3.07. The van der Waals surface area contributed by atoms with E-state index in [1.165, 1.54) is 18.3 Å². The van der Waals surface area contributed by atoms with Crippen LogP contribution in [0.2, 0.25) is 0 Å². The van der Waals surface area contributed by atoms with Crippen LogP contribution in [0.15, 0.2) is 54.7 Å². The topological polar surface area (TPSA) is 99.8 Å². The van der Waals surface area contributed by atoms with Crippen molar-refractivity contribution >= 4 is 5.97 Å². The molecule has 0 amide bonds. The SMILES string of the molecule is N#Cc1nc(-c2ccccc2)nc(F)c1F.O=C(O)c1ccccn1.[Ir]. The third-order valence-electron chi connectivity index (χ3n) is 2.83. The van der Waals surface area contributed by atoms with E-state index in [0.717, 1.165) is 0 Å². The summed E-state index contributed by atoms with van der Waals surface area (Å²) in [6.07, 6.45) is 1.45. The van der Waals surface area contributed by atoms with Crippen molar-refractivity contribution in [2.45, 2.75) is 0 Å². The fourth-order valence-corrected chi connectivity index (χ4v) is 1.70. The number of halogens is 2. The standard InChI is InChI=1S/C11H5F2N3.C6H5NO2.Ir/c12-9-8(6-14)15-11(16-10(9)13)7-4-2-1-3-5-7;8-6(9)5-3-1-2-4-7-5;/h1-5H;1-4H,(H,8,9);. The van der Waals surface area contributed by atoms with E-state index in [4.69, 9.17) is 10.4 Å². The summed E-state index contributed by atoms with van der Waals surface area (Å²) in [6.45, 7) is 0. The quantitative estimate of drug-likeness (QED) is 0.510. The van der Waals surface area contributed by atoms with Crippen molar-refractivity contribution in [2.75, 3.05) is 0 Å². The van der Waals surface area contributed by atoms with Crippen LogP contribution in [-0.4, -0.2) is 26.0 Å². The fraction of sp³-hybridized carbons (Fsp3) is 0. The van der Waals surface area contributed by atoms with Crippen molar-refractivity contribution in [1.82, 2.24) is 15.0 Å². The van der Waals surface area contributed by atoms with E-state index in [9.17, 15) is 13.6 Å². The van der Waals surface area contributed by atoms with Crippen LogP contribution in [0.5, 0.6) is 0 Å². The first kappa shape index (κ1) is 21.0. The van der Waals surface area contributed by atoms with Gasteiger partial charge in [-0.3, -0.25) is 0 Å². The van der Waals surface area contributed by atoms with Gasteiger partial charge in [0.25, 0.3) is 5.95 Å². The molecule has 2 heterocycles. The zero-order valence-electron chi connectivity index (χ0n) is 12.9. The molecule has 0 aliphatic carbocycles. The zero-order valence-corrected chi connectivity index (χ0v) is 15.3. The molecule has 0 aliphatic heterocycles. The monoisotopic (exact) mass is 533 g/mol. The van der Waals surface area contributed by atoms with Gasteiger partial charge in [0.05, 0.1) is 0 Å². The second-order valence-electron chi connectivity index (χ2n) is 4.50. The Morgan fingerprint density at radius 3 is 2.19 bits per heavy atom. The average Bonchev–Trinajstić information content (AvgIpc) is 2.66. The van der Waals surface area contributed by atoms with Gasteiger partial charge in [-0.15, -0.1) is 0 Å². The van der Waals surface area contributed by atoms with Gasteiger partial charge >= 0.3 is 5.97 Å². The molecule has 0 fully saturated rings. The molecule has 1 N–H and O–H groups in total. The van der Waals surface area contributed by atoms with Crippen LogP contribution in [0.25, 0.3) is 11.4 Å². The van der Waals surface area contributed by atoms with Gasteiger partial charge in [0, 0.05) is 31.9 Å². The van der Waals surface area contributed by atoms with Gasteiger partial charge < -0.3 is 5.11 Å². The van der Waals surface area contributed by atoms with Gasteiger partial charge in [-0.25, -0.2) is 14.8 Å². The van der Waals surface area contributed by atoms with E-state index in [-0.39, 0.29) is 31.6 Å². The van der Waals surface area contributed by atoms with Crippen molar-refractivity contribution in [1.29, 1.82) is 5.26 Å². The Labute approximate surface area is 160 Å². The van der Waals surface area contributed by atoms with E-state index in [1.807, 2.05) is 0 Å². The molecule has 1 radical (unpaired) electrons. The predicted molar refractivity (Wildman–Crippen MR) is 83.3 cm³/mol. The molecule has 0 aliphatic rings. The van der Waals surface area contributed by atoms with Crippen LogP contribution in [0.4, 0.5) is 8.78 Å². The first-order chi connectivity index (χ1) is 12.0. The summed E-state index contributed by atoms with van der Waals surface area (Å²) in [5, 5.41) is 16.9. The number of nitrogens with zero attached hydrogens (tertiary/aromatic N) is 4. The molecule has 0 saturated carbocycles. The van der Waals surface area contributed by atoms with Crippen molar-refractivity contribution < 1.29 is 38.8 Å². The molecule has 0 spiro atoms.